The molecule has 0 aliphatic heterocycles. The summed E-state index contributed by atoms with van der Waals surface area (Å²) in [5, 5.41) is 17.3. The molecule has 0 aliphatic carbocycles. The molecule has 3 N–H and O–H groups in total. The summed E-state index contributed by atoms with van der Waals surface area (Å²) in [7, 11) is 0. The first-order chi connectivity index (χ1) is 16.6. The number of carbonyl (C=O) groups is 1. The molecule has 8 nitrogen and oxygen atoms in total. The molecule has 0 radical (unpaired) electrons. The number of hydrogen-bond donors (Lipinski definition) is 3. The summed E-state index contributed by atoms with van der Waals surface area (Å²) in [6.45, 7) is 0. The van der Waals surface area contributed by atoms with E-state index in [-0.39, 0.29) is 12.8 Å². The number of rotatable bonds is 9. The maximum atomic E-state index is 11.1. The minimum atomic E-state index is -0.880. The number of anilines is 3. The smallest absolute Gasteiger partial charge is 0.303 e. The lowest BCUT2D eigenvalue weighted by Gasteiger charge is -2.09. The van der Waals surface area contributed by atoms with Crippen molar-refractivity contribution in [2.24, 2.45) is 5.10 Å². The molecule has 4 aromatic rings. The van der Waals surface area contributed by atoms with Crippen LogP contribution in [0.4, 0.5) is 17.5 Å². The van der Waals surface area contributed by atoms with E-state index in [4.69, 9.17) is 16.7 Å². The van der Waals surface area contributed by atoms with Crippen LogP contribution in [0.15, 0.2) is 90.3 Å². The number of halogens is 1. The van der Waals surface area contributed by atoms with Crippen molar-refractivity contribution in [2.45, 2.75) is 12.8 Å². The topological polar surface area (TPSA) is 112 Å². The monoisotopic (exact) mass is 472 g/mol. The first-order valence-corrected chi connectivity index (χ1v) is 10.9. The standard InChI is InChI=1S/C25H21ClN6O2/c26-19-7-4-8-20(16-19)29-25-28-14-12-21(30-25)18-11-13-27-23(15-18)32-31-22(9-10-24(33)34)17-5-2-1-3-6-17/h1-8,11-16H,9-10H2,(H,27,32)(H,33,34)(H,28,29,30)/b31-22-. The molecule has 0 fully saturated rings. The van der Waals surface area contributed by atoms with E-state index in [9.17, 15) is 4.79 Å². The van der Waals surface area contributed by atoms with Crippen LogP contribution in [0.1, 0.15) is 18.4 Å². The van der Waals surface area contributed by atoms with Crippen LogP contribution in [0.25, 0.3) is 11.3 Å². The third kappa shape index (κ3) is 6.36. The number of carboxylic acids is 1. The number of carboxylic acid groups (broad SMARTS) is 1. The Kier molecular flexibility index (Phi) is 7.42. The Hall–Kier alpha value is -4.30. The maximum absolute atomic E-state index is 11.1. The molecule has 34 heavy (non-hydrogen) atoms. The number of benzene rings is 2. The van der Waals surface area contributed by atoms with Gasteiger partial charge in [-0.1, -0.05) is 48.0 Å². The fraction of sp³-hybridized carbons (Fsp3) is 0.0800. The second kappa shape index (κ2) is 11.0. The zero-order chi connectivity index (χ0) is 23.8. The second-order valence-electron chi connectivity index (χ2n) is 7.26. The molecule has 0 spiro atoms. The Bertz CT molecular complexity index is 1310. The van der Waals surface area contributed by atoms with E-state index in [1.165, 1.54) is 0 Å². The number of hydrogen-bond acceptors (Lipinski definition) is 7. The maximum Gasteiger partial charge on any atom is 0.303 e. The number of hydrazone groups is 1. The highest BCUT2D eigenvalue weighted by Crippen LogP contribution is 2.22. The van der Waals surface area contributed by atoms with Crippen molar-refractivity contribution in [1.29, 1.82) is 0 Å². The molecule has 2 aromatic carbocycles. The zero-order valence-electron chi connectivity index (χ0n) is 18.0. The van der Waals surface area contributed by atoms with Gasteiger partial charge in [-0.25, -0.2) is 15.0 Å². The highest BCUT2D eigenvalue weighted by molar-refractivity contribution is 6.30. The molecule has 2 aromatic heterocycles. The van der Waals surface area contributed by atoms with Crippen molar-refractivity contribution < 1.29 is 9.90 Å². The Balaban J connectivity index is 1.54. The summed E-state index contributed by atoms with van der Waals surface area (Å²) in [4.78, 5) is 24.2. The van der Waals surface area contributed by atoms with Gasteiger partial charge in [0.15, 0.2) is 0 Å². The first-order valence-electron chi connectivity index (χ1n) is 10.5. The minimum Gasteiger partial charge on any atom is -0.481 e. The molecule has 0 bridgehead atoms. The Morgan fingerprint density at radius 2 is 1.76 bits per heavy atom. The van der Waals surface area contributed by atoms with Crippen LogP contribution in [0.5, 0.6) is 0 Å². The molecule has 9 heteroatoms. The van der Waals surface area contributed by atoms with Crippen molar-refractivity contribution >= 4 is 40.7 Å². The van der Waals surface area contributed by atoms with Gasteiger partial charge in [0.1, 0.15) is 5.82 Å². The summed E-state index contributed by atoms with van der Waals surface area (Å²) in [6.07, 6.45) is 3.59. The van der Waals surface area contributed by atoms with Gasteiger partial charge in [0.2, 0.25) is 5.95 Å². The number of nitrogens with one attached hydrogen (secondary N) is 2. The summed E-state index contributed by atoms with van der Waals surface area (Å²) < 4.78 is 0. The van der Waals surface area contributed by atoms with E-state index >= 15 is 0 Å². The van der Waals surface area contributed by atoms with Crippen LogP contribution in [0, 0.1) is 0 Å². The lowest BCUT2D eigenvalue weighted by atomic mass is 10.1. The SMILES string of the molecule is O=C(O)CC/C(=N/Nc1cc(-c2ccnc(Nc3cccc(Cl)c3)n2)ccn1)c1ccccc1. The van der Waals surface area contributed by atoms with Crippen molar-refractivity contribution in [1.82, 2.24) is 15.0 Å². The second-order valence-corrected chi connectivity index (χ2v) is 7.70. The van der Waals surface area contributed by atoms with E-state index in [0.717, 1.165) is 16.8 Å². The van der Waals surface area contributed by atoms with Gasteiger partial charge in [0.25, 0.3) is 0 Å². The lowest BCUT2D eigenvalue weighted by molar-refractivity contribution is -0.136. The quantitative estimate of drug-likeness (QED) is 0.214. The van der Waals surface area contributed by atoms with Gasteiger partial charge in [-0.15, -0.1) is 0 Å². The van der Waals surface area contributed by atoms with Crippen molar-refractivity contribution in [3.05, 3.63) is 95.8 Å². The number of nitrogens with zero attached hydrogens (tertiary/aromatic N) is 4. The lowest BCUT2D eigenvalue weighted by Crippen LogP contribution is -2.08. The highest BCUT2D eigenvalue weighted by Gasteiger charge is 2.08. The summed E-state index contributed by atoms with van der Waals surface area (Å²) >= 11 is 6.05. The molecular formula is C25H21ClN6O2. The van der Waals surface area contributed by atoms with Gasteiger partial charge in [-0.2, -0.15) is 5.10 Å². The number of aromatic nitrogens is 3. The van der Waals surface area contributed by atoms with Crippen molar-refractivity contribution in [3.63, 3.8) is 0 Å². The van der Waals surface area contributed by atoms with Gasteiger partial charge in [-0.3, -0.25) is 10.2 Å². The molecule has 4 rings (SSSR count). The van der Waals surface area contributed by atoms with Crippen LogP contribution < -0.4 is 10.7 Å². The molecule has 0 amide bonds. The van der Waals surface area contributed by atoms with Gasteiger partial charge in [0, 0.05) is 35.1 Å². The molecule has 0 aliphatic rings. The summed E-state index contributed by atoms with van der Waals surface area (Å²) in [6, 6.07) is 22.2. The molecule has 2 heterocycles. The molecule has 0 unspecified atom stereocenters. The first kappa shape index (κ1) is 22.9. The Labute approximate surface area is 201 Å². The van der Waals surface area contributed by atoms with Crippen LogP contribution in [0.2, 0.25) is 5.02 Å². The van der Waals surface area contributed by atoms with E-state index in [0.29, 0.717) is 28.2 Å². The average molecular weight is 473 g/mol. The van der Waals surface area contributed by atoms with E-state index in [2.05, 4.69) is 30.8 Å². The molecule has 0 atom stereocenters. The van der Waals surface area contributed by atoms with Crippen LogP contribution in [0.3, 0.4) is 0 Å². The fourth-order valence-electron chi connectivity index (χ4n) is 3.17. The van der Waals surface area contributed by atoms with Gasteiger partial charge in [0.05, 0.1) is 17.8 Å². The van der Waals surface area contributed by atoms with E-state index in [1.807, 2.05) is 54.6 Å². The predicted molar refractivity (Wildman–Crippen MR) is 133 cm³/mol. The van der Waals surface area contributed by atoms with Crippen molar-refractivity contribution in [2.75, 3.05) is 10.7 Å². The average Bonchev–Trinajstić information content (AvgIpc) is 2.85. The van der Waals surface area contributed by atoms with Crippen LogP contribution in [-0.4, -0.2) is 31.7 Å². The third-order valence-corrected chi connectivity index (χ3v) is 5.02. The molecular weight excluding hydrogens is 452 g/mol. The summed E-state index contributed by atoms with van der Waals surface area (Å²) in [5.41, 5.74) is 6.72. The Morgan fingerprint density at radius 1 is 0.941 bits per heavy atom. The van der Waals surface area contributed by atoms with Crippen LogP contribution in [-0.2, 0) is 4.79 Å². The van der Waals surface area contributed by atoms with Crippen molar-refractivity contribution in [3.8, 4) is 11.3 Å². The minimum absolute atomic E-state index is 0.0216. The number of aliphatic carboxylic acids is 1. The normalized spacial score (nSPS) is 11.1. The van der Waals surface area contributed by atoms with Gasteiger partial charge < -0.3 is 10.4 Å². The predicted octanol–water partition coefficient (Wildman–Crippen LogP) is 5.62. The third-order valence-electron chi connectivity index (χ3n) is 4.78. The van der Waals surface area contributed by atoms with Crippen LogP contribution >= 0.6 is 11.6 Å². The largest absolute Gasteiger partial charge is 0.481 e. The van der Waals surface area contributed by atoms with E-state index < -0.39 is 5.97 Å². The Morgan fingerprint density at radius 3 is 2.56 bits per heavy atom. The van der Waals surface area contributed by atoms with Gasteiger partial charge >= 0.3 is 5.97 Å². The zero-order valence-corrected chi connectivity index (χ0v) is 18.8. The molecule has 0 saturated heterocycles. The highest BCUT2D eigenvalue weighted by atomic mass is 35.5. The van der Waals surface area contributed by atoms with Gasteiger partial charge in [-0.05, 0) is 42.0 Å². The van der Waals surface area contributed by atoms with E-state index in [1.54, 1.807) is 30.6 Å². The fourth-order valence-corrected chi connectivity index (χ4v) is 3.36. The molecule has 170 valence electrons. The summed E-state index contributed by atoms with van der Waals surface area (Å²) in [5.74, 6) is 0.0584. The number of pyridine rings is 1. The molecule has 0 saturated carbocycles.